The monoisotopic (exact) mass is 653 g/mol. The molecule has 2 heterocycles. The number of ether oxygens (including phenoxy) is 3. The summed E-state index contributed by atoms with van der Waals surface area (Å²) in [6, 6.07) is 2.12. The van der Waals surface area contributed by atoms with E-state index in [1.165, 1.54) is 0 Å². The fraction of sp³-hybridized carbons (Fsp3) is 0.419. The van der Waals surface area contributed by atoms with Gasteiger partial charge in [-0.05, 0) is 37.5 Å². The summed E-state index contributed by atoms with van der Waals surface area (Å²) >= 11 is 6.76. The summed E-state index contributed by atoms with van der Waals surface area (Å²) in [7, 11) is 0.995. The number of halogens is 1. The third-order valence-corrected chi connectivity index (χ3v) is 11.2. The second-order valence-corrected chi connectivity index (χ2v) is 13.1. The minimum absolute atomic E-state index is 0.0197. The van der Waals surface area contributed by atoms with Gasteiger partial charge in [0.15, 0.2) is 17.3 Å². The van der Waals surface area contributed by atoms with Crippen molar-refractivity contribution in [2.24, 2.45) is 11.3 Å². The number of ketones is 3. The van der Waals surface area contributed by atoms with Gasteiger partial charge in [0.1, 0.15) is 52.1 Å². The van der Waals surface area contributed by atoms with E-state index in [0.717, 1.165) is 19.2 Å². The fourth-order valence-electron chi connectivity index (χ4n) is 8.89. The Morgan fingerprint density at radius 2 is 1.69 bits per heavy atom. The highest BCUT2D eigenvalue weighted by Gasteiger charge is 2.82. The number of hydrogen-bond donors (Lipinski definition) is 6. The van der Waals surface area contributed by atoms with E-state index in [9.17, 15) is 49.8 Å². The lowest BCUT2D eigenvalue weighted by molar-refractivity contribution is -0.169. The number of phenolic OH excluding ortho intramolecular Hbond substituents is 3. The van der Waals surface area contributed by atoms with Crippen LogP contribution in [0.25, 0.3) is 5.76 Å². The van der Waals surface area contributed by atoms with E-state index in [1.807, 2.05) is 0 Å². The summed E-state index contributed by atoms with van der Waals surface area (Å²) in [6.45, 7) is 1.58. The molecule has 9 rings (SSSR count). The van der Waals surface area contributed by atoms with E-state index >= 15 is 0 Å². The summed E-state index contributed by atoms with van der Waals surface area (Å²) < 4.78 is 17.3. The summed E-state index contributed by atoms with van der Waals surface area (Å²) in [5, 5.41) is 67.2. The zero-order valence-corrected chi connectivity index (χ0v) is 24.3. The number of hydrogen-bond acceptors (Lipinski definition) is 13. The molecule has 2 aromatic rings. The SMILES string of the molecule is COC(=O)[C@@]12Oc3[13c](c(O)[13c](Cl)c4[13c]3[C@@H]3C(O)[13CH]5C(=O)[13c]6c(O)cc[13c](O)c6[13C](=O)[C@@]5([13CH2]4)[13C@H]4O[13C@@]34C)C(O)=[13C]1C(=O)[13CH2]C[13CH]2O. The molecule has 2 bridgehead atoms. The highest BCUT2D eigenvalue weighted by molar-refractivity contribution is 6.34. The minimum atomic E-state index is -2.57. The smallest absolute Gasteiger partial charge is 0.358 e. The number of fused-ring (bicyclic) bond motifs is 3. The molecule has 6 N–H and O–H groups in total. The maximum atomic E-state index is 14.5. The number of aromatic hydroxyl groups is 3. The van der Waals surface area contributed by atoms with Crippen LogP contribution in [0.15, 0.2) is 17.7 Å². The molecule has 14 heteroatoms. The molecule has 45 heavy (non-hydrogen) atoms. The Bertz CT molecular complexity index is 1900. The number of Topliss-reactive ketones (excluding diaryl/α,β-unsaturated/α-hetero) is 3. The maximum Gasteiger partial charge on any atom is 0.358 e. The molecule has 1 spiro atoms. The number of esters is 1. The predicted molar refractivity (Wildman–Crippen MR) is 148 cm³/mol. The first kappa shape index (κ1) is 28.3. The van der Waals surface area contributed by atoms with Crippen molar-refractivity contribution in [3.05, 3.63) is 50.5 Å². The maximum absolute atomic E-state index is 14.5. The van der Waals surface area contributed by atoms with Crippen molar-refractivity contribution in [3.63, 3.8) is 0 Å². The Morgan fingerprint density at radius 3 is 2.36 bits per heavy atom. The van der Waals surface area contributed by atoms with E-state index in [0.29, 0.717) is 0 Å². The standard InChI is InChI=1S/C31H25ClO13/c1-29-18-13-8(7-30(27(29)45-29)19(24(18)40)21(37)14-9(33)3-4-10(34)15(14)26(30)41)20(32)23(39)16-22(38)17-11(35)5-6-12(36)31(17,28(42)43-2)44-25(13)16/h3-4,12,18-19,24,27,33-34,36,38-40H,5-7H2,1-2H3/t12?,18-,19?,24?,27+,29+,30+,31+/m1/s1/i5+1,7+1,10+1,12+1,13+1,14+1,16+1,17+1,19+1,20+1,26+1,27+1,29+1. The zero-order chi connectivity index (χ0) is 32.3. The molecule has 3 unspecified atom stereocenters. The number of benzene rings is 2. The molecule has 234 valence electrons. The van der Waals surface area contributed by atoms with Gasteiger partial charge >= 0.3 is 5.97 Å². The van der Waals surface area contributed by atoms with Gasteiger partial charge in [0.05, 0.1) is 46.3 Å². The molecule has 2 aliphatic heterocycles. The van der Waals surface area contributed by atoms with Crippen LogP contribution in [0.5, 0.6) is 23.0 Å². The minimum Gasteiger partial charge on any atom is -0.507 e. The number of carbonyl (C=O) groups is 4. The second kappa shape index (κ2) is 8.35. The van der Waals surface area contributed by atoms with E-state index in [4.69, 9.17) is 25.8 Å². The van der Waals surface area contributed by atoms with Crippen LogP contribution in [0, 0.1) is 11.3 Å². The van der Waals surface area contributed by atoms with Gasteiger partial charge in [-0.2, -0.15) is 0 Å². The van der Waals surface area contributed by atoms with Crippen LogP contribution in [-0.4, -0.2) is 90.6 Å². The Morgan fingerprint density at radius 1 is 1.02 bits per heavy atom. The van der Waals surface area contributed by atoms with Crippen molar-refractivity contribution in [2.75, 3.05) is 7.11 Å². The normalized spacial score (nSPS) is 36.9. The molecule has 13 nitrogen and oxygen atoms in total. The van der Waals surface area contributed by atoms with E-state index in [1.54, 1.807) is 6.92 Å². The zero-order valence-electron chi connectivity index (χ0n) is 23.6. The molecule has 2 saturated carbocycles. The third-order valence-electron chi connectivity index (χ3n) is 10.8. The summed E-state index contributed by atoms with van der Waals surface area (Å²) in [5.74, 6) is -9.63. The van der Waals surface area contributed by atoms with Crippen LogP contribution >= 0.6 is 11.6 Å². The Kier molecular flexibility index (Phi) is 5.25. The van der Waals surface area contributed by atoms with Crippen LogP contribution in [0.4, 0.5) is 0 Å². The van der Waals surface area contributed by atoms with Crippen LogP contribution in [0.3, 0.4) is 0 Å². The fourth-order valence-corrected chi connectivity index (χ4v) is 9.16. The number of phenols is 3. The van der Waals surface area contributed by atoms with E-state index in [-0.39, 0.29) is 29.0 Å². The molecule has 8 atom stereocenters. The molecule has 0 amide bonds. The van der Waals surface area contributed by atoms with Crippen molar-refractivity contribution in [3.8, 4) is 23.0 Å². The molecule has 1 saturated heterocycles. The van der Waals surface area contributed by atoms with Gasteiger partial charge in [-0.15, -0.1) is 0 Å². The Hall–Kier alpha value is -4.17. The molecular weight excluding hydrogens is 629 g/mol. The summed E-state index contributed by atoms with van der Waals surface area (Å²) in [4.78, 5) is 55.1. The predicted octanol–water partition coefficient (Wildman–Crippen LogP) is 1.61. The van der Waals surface area contributed by atoms with Gasteiger partial charge in [0, 0.05) is 17.9 Å². The number of carbonyl (C=O) groups excluding carboxylic acids is 4. The van der Waals surface area contributed by atoms with Crippen LogP contribution in [0.1, 0.15) is 63.1 Å². The molecule has 3 fully saturated rings. The van der Waals surface area contributed by atoms with Gasteiger partial charge in [-0.25, -0.2) is 4.79 Å². The third kappa shape index (κ3) is 2.87. The van der Waals surface area contributed by atoms with Gasteiger partial charge in [0.2, 0.25) is 0 Å². The second-order valence-electron chi connectivity index (χ2n) is 12.7. The largest absolute Gasteiger partial charge is 0.507 e. The van der Waals surface area contributed by atoms with Crippen molar-refractivity contribution in [2.45, 2.75) is 61.6 Å². The molecular formula is C31H25ClO13. The lowest BCUT2D eigenvalue weighted by Crippen LogP contribution is -2.62. The highest BCUT2D eigenvalue weighted by Crippen LogP contribution is 2.73. The first-order valence-corrected chi connectivity index (χ1v) is 14.6. The van der Waals surface area contributed by atoms with Gasteiger partial charge in [0.25, 0.3) is 5.60 Å². The lowest BCUT2D eigenvalue weighted by atomic mass is 9.94. The molecule has 2 aromatic carbocycles. The van der Waals surface area contributed by atoms with Crippen LogP contribution < -0.4 is 4.74 Å². The van der Waals surface area contributed by atoms with E-state index < -0.39 is 128 Å². The molecule has 7 aliphatic rings. The van der Waals surface area contributed by atoms with Crippen molar-refractivity contribution >= 4 is 40.7 Å². The number of aliphatic hydroxyl groups is 3. The first-order valence-electron chi connectivity index (χ1n) is 14.2. The van der Waals surface area contributed by atoms with Gasteiger partial charge in [-0.3, -0.25) is 14.4 Å². The molecule has 5 aliphatic carbocycles. The van der Waals surface area contributed by atoms with Crippen LogP contribution in [-0.2, 0) is 25.5 Å². The molecule has 0 aromatic heterocycles. The summed E-state index contributed by atoms with van der Waals surface area (Å²) in [5.41, 5.74) is -7.87. The topological polar surface area (TPSA) is 221 Å². The van der Waals surface area contributed by atoms with Gasteiger partial charge < -0.3 is 44.8 Å². The van der Waals surface area contributed by atoms with E-state index in [2.05, 4.69) is 0 Å². The Balaban J connectivity index is 1.46. The quantitative estimate of drug-likeness (QED) is 0.112. The van der Waals surface area contributed by atoms with Crippen LogP contribution in [0.2, 0.25) is 5.02 Å². The van der Waals surface area contributed by atoms with Gasteiger partial charge in [-0.1, -0.05) is 11.6 Å². The average Bonchev–Trinajstić information content (AvgIpc) is 3.73. The number of epoxide rings is 1. The number of aliphatic hydroxyl groups excluding tert-OH is 3. The summed E-state index contributed by atoms with van der Waals surface area (Å²) in [6.07, 6.45) is -5.40. The number of rotatable bonds is 1. The van der Waals surface area contributed by atoms with Crippen molar-refractivity contribution in [1.29, 1.82) is 0 Å². The number of methoxy groups -OCH3 is 1. The highest BCUT2D eigenvalue weighted by atomic mass is 35.5. The lowest BCUT2D eigenvalue weighted by Gasteiger charge is -2.47. The molecule has 0 radical (unpaired) electrons. The van der Waals surface area contributed by atoms with Crippen molar-refractivity contribution in [1.82, 2.24) is 0 Å². The van der Waals surface area contributed by atoms with Crippen molar-refractivity contribution < 1.29 is 64.0 Å². The average molecular weight is 654 g/mol. The first-order chi connectivity index (χ1) is 21.2. The Labute approximate surface area is 258 Å².